The number of barbiturate groups is 1. The molecule has 2 aliphatic carbocycles. The second kappa shape index (κ2) is 5.43. The van der Waals surface area contributed by atoms with Gasteiger partial charge in [-0.3, -0.25) is 19.8 Å². The van der Waals surface area contributed by atoms with Crippen LogP contribution in [0.3, 0.4) is 0 Å². The quantitative estimate of drug-likeness (QED) is 0.795. The molecule has 1 aliphatic heterocycles. The third-order valence-electron chi connectivity index (χ3n) is 5.70. The third kappa shape index (κ3) is 2.27. The van der Waals surface area contributed by atoms with Crippen LogP contribution < -0.4 is 5.32 Å². The molecule has 0 aromatic heterocycles. The van der Waals surface area contributed by atoms with Crippen LogP contribution in [0.25, 0.3) is 0 Å². The maximum Gasteiger partial charge on any atom is 0.331 e. The molecule has 0 bridgehead atoms. The molecular weight excluding hydrogens is 268 g/mol. The molecule has 3 aliphatic rings. The van der Waals surface area contributed by atoms with Crippen molar-refractivity contribution in [2.45, 2.75) is 70.8 Å². The van der Waals surface area contributed by atoms with E-state index in [0.717, 1.165) is 32.1 Å². The van der Waals surface area contributed by atoms with Crippen molar-refractivity contribution < 1.29 is 14.4 Å². The fourth-order valence-electron chi connectivity index (χ4n) is 4.31. The predicted octanol–water partition coefficient (Wildman–Crippen LogP) is 2.59. The standard InChI is InChI=1S/C16H24N2O3/c1-11(12-7-3-4-8-12)18-14(20)16(9-5-2-6-10-16)13(19)17-15(18)21/h11-12H,2-10H2,1H3,(H,17,19,21). The summed E-state index contributed by atoms with van der Waals surface area (Å²) in [7, 11) is 0. The first-order valence-electron chi connectivity index (χ1n) is 8.25. The normalized spacial score (nSPS) is 28.0. The molecule has 21 heavy (non-hydrogen) atoms. The summed E-state index contributed by atoms with van der Waals surface area (Å²) >= 11 is 0. The first-order chi connectivity index (χ1) is 10.1. The lowest BCUT2D eigenvalue weighted by atomic mass is 9.71. The number of rotatable bonds is 2. The number of hydrogen-bond acceptors (Lipinski definition) is 3. The topological polar surface area (TPSA) is 66.5 Å². The molecule has 0 aromatic carbocycles. The highest BCUT2D eigenvalue weighted by molar-refractivity contribution is 6.19. The average molecular weight is 292 g/mol. The van der Waals surface area contributed by atoms with Crippen LogP contribution in [0.15, 0.2) is 0 Å². The van der Waals surface area contributed by atoms with Crippen molar-refractivity contribution in [3.05, 3.63) is 0 Å². The van der Waals surface area contributed by atoms with Crippen molar-refractivity contribution in [2.24, 2.45) is 11.3 Å². The molecule has 1 spiro atoms. The number of carbonyl (C=O) groups excluding carboxylic acids is 3. The molecular formula is C16H24N2O3. The SMILES string of the molecule is CC(C1CCCC1)N1C(=O)NC(=O)C2(CCCCC2)C1=O. The van der Waals surface area contributed by atoms with Gasteiger partial charge in [-0.05, 0) is 38.5 Å². The van der Waals surface area contributed by atoms with Crippen molar-refractivity contribution in [1.82, 2.24) is 10.2 Å². The molecule has 1 unspecified atom stereocenters. The van der Waals surface area contributed by atoms with E-state index in [1.54, 1.807) is 0 Å². The van der Waals surface area contributed by atoms with Crippen LogP contribution in [0, 0.1) is 11.3 Å². The third-order valence-corrected chi connectivity index (χ3v) is 5.70. The van der Waals surface area contributed by atoms with E-state index < -0.39 is 11.4 Å². The minimum Gasteiger partial charge on any atom is -0.277 e. The Morgan fingerprint density at radius 3 is 2.29 bits per heavy atom. The van der Waals surface area contributed by atoms with Crippen molar-refractivity contribution in [3.63, 3.8) is 0 Å². The largest absolute Gasteiger partial charge is 0.331 e. The highest BCUT2D eigenvalue weighted by atomic mass is 16.2. The van der Waals surface area contributed by atoms with Crippen molar-refractivity contribution in [2.75, 3.05) is 0 Å². The zero-order valence-corrected chi connectivity index (χ0v) is 12.7. The molecule has 4 amide bonds. The van der Waals surface area contributed by atoms with E-state index in [1.165, 1.54) is 17.7 Å². The first kappa shape index (κ1) is 14.5. The molecule has 2 saturated carbocycles. The minimum atomic E-state index is -0.973. The maximum absolute atomic E-state index is 13.0. The van der Waals surface area contributed by atoms with Gasteiger partial charge in [-0.25, -0.2) is 4.79 Å². The van der Waals surface area contributed by atoms with Gasteiger partial charge in [0.25, 0.3) is 0 Å². The Morgan fingerprint density at radius 1 is 1.05 bits per heavy atom. The zero-order chi connectivity index (χ0) is 15.0. The molecule has 0 aromatic rings. The molecule has 1 N–H and O–H groups in total. The Labute approximate surface area is 125 Å². The number of urea groups is 1. The summed E-state index contributed by atoms with van der Waals surface area (Å²) in [5.41, 5.74) is -0.973. The fourth-order valence-corrected chi connectivity index (χ4v) is 4.31. The zero-order valence-electron chi connectivity index (χ0n) is 12.7. The summed E-state index contributed by atoms with van der Waals surface area (Å²) in [5, 5.41) is 2.45. The van der Waals surface area contributed by atoms with Gasteiger partial charge in [-0.15, -0.1) is 0 Å². The van der Waals surface area contributed by atoms with Gasteiger partial charge in [0.15, 0.2) is 0 Å². The van der Waals surface area contributed by atoms with E-state index in [2.05, 4.69) is 5.32 Å². The lowest BCUT2D eigenvalue weighted by Crippen LogP contribution is -2.66. The van der Waals surface area contributed by atoms with Crippen molar-refractivity contribution in [3.8, 4) is 0 Å². The molecule has 3 rings (SSSR count). The van der Waals surface area contributed by atoms with Crippen molar-refractivity contribution >= 4 is 17.8 Å². The molecule has 1 saturated heterocycles. The number of hydrogen-bond donors (Lipinski definition) is 1. The van der Waals surface area contributed by atoms with Crippen LogP contribution in [0.1, 0.15) is 64.7 Å². The summed E-state index contributed by atoms with van der Waals surface area (Å²) < 4.78 is 0. The Kier molecular flexibility index (Phi) is 3.76. The molecule has 1 atom stereocenters. The molecule has 116 valence electrons. The summed E-state index contributed by atoms with van der Waals surface area (Å²) in [6.45, 7) is 1.96. The van der Waals surface area contributed by atoms with Crippen LogP contribution in [-0.2, 0) is 9.59 Å². The molecule has 3 fully saturated rings. The first-order valence-corrected chi connectivity index (χ1v) is 8.25. The summed E-state index contributed by atoms with van der Waals surface area (Å²) in [4.78, 5) is 38.8. The lowest BCUT2D eigenvalue weighted by molar-refractivity contribution is -0.155. The highest BCUT2D eigenvalue weighted by Gasteiger charge is 2.55. The number of carbonyl (C=O) groups is 3. The van der Waals surface area contributed by atoms with Gasteiger partial charge in [0.2, 0.25) is 11.8 Å². The van der Waals surface area contributed by atoms with Gasteiger partial charge in [0.05, 0.1) is 0 Å². The van der Waals surface area contributed by atoms with Crippen LogP contribution in [-0.4, -0.2) is 28.8 Å². The van der Waals surface area contributed by atoms with Crippen molar-refractivity contribution in [1.29, 1.82) is 0 Å². The second-order valence-corrected chi connectivity index (χ2v) is 6.86. The van der Waals surface area contributed by atoms with Gasteiger partial charge in [0.1, 0.15) is 5.41 Å². The summed E-state index contributed by atoms with van der Waals surface area (Å²) in [6, 6.07) is -0.618. The molecule has 0 radical (unpaired) electrons. The second-order valence-electron chi connectivity index (χ2n) is 6.86. The minimum absolute atomic E-state index is 0.105. The highest BCUT2D eigenvalue weighted by Crippen LogP contribution is 2.42. The smallest absolute Gasteiger partial charge is 0.277 e. The lowest BCUT2D eigenvalue weighted by Gasteiger charge is -2.44. The van der Waals surface area contributed by atoms with E-state index in [-0.39, 0.29) is 17.9 Å². The fraction of sp³-hybridized carbons (Fsp3) is 0.812. The van der Waals surface area contributed by atoms with E-state index in [4.69, 9.17) is 0 Å². The van der Waals surface area contributed by atoms with Crippen LogP contribution in [0.5, 0.6) is 0 Å². The van der Waals surface area contributed by atoms with Gasteiger partial charge >= 0.3 is 6.03 Å². The molecule has 5 heteroatoms. The predicted molar refractivity (Wildman–Crippen MR) is 77.3 cm³/mol. The van der Waals surface area contributed by atoms with Gasteiger partial charge in [-0.2, -0.15) is 0 Å². The van der Waals surface area contributed by atoms with E-state index in [1.807, 2.05) is 6.92 Å². The average Bonchev–Trinajstić information content (AvgIpc) is 3.00. The van der Waals surface area contributed by atoms with E-state index in [9.17, 15) is 14.4 Å². The van der Waals surface area contributed by atoms with Gasteiger partial charge in [-0.1, -0.05) is 32.1 Å². The van der Waals surface area contributed by atoms with Gasteiger partial charge < -0.3 is 0 Å². The van der Waals surface area contributed by atoms with Gasteiger partial charge in [0, 0.05) is 6.04 Å². The summed E-state index contributed by atoms with van der Waals surface area (Å²) in [6.07, 6.45) is 8.48. The van der Waals surface area contributed by atoms with Crippen LogP contribution in [0.2, 0.25) is 0 Å². The Balaban J connectivity index is 1.87. The number of nitrogens with zero attached hydrogens (tertiary/aromatic N) is 1. The Morgan fingerprint density at radius 2 is 1.67 bits per heavy atom. The molecule has 5 nitrogen and oxygen atoms in total. The van der Waals surface area contributed by atoms with E-state index in [0.29, 0.717) is 18.8 Å². The Hall–Kier alpha value is -1.39. The number of imide groups is 2. The number of amides is 4. The maximum atomic E-state index is 13.0. The summed E-state index contributed by atoms with van der Waals surface area (Å²) in [5.74, 6) is -0.226. The number of nitrogens with one attached hydrogen (secondary N) is 1. The van der Waals surface area contributed by atoms with E-state index >= 15 is 0 Å². The molecule has 1 heterocycles. The Bertz CT molecular complexity index is 462. The van der Waals surface area contributed by atoms with Crippen LogP contribution in [0.4, 0.5) is 4.79 Å². The van der Waals surface area contributed by atoms with Crippen LogP contribution >= 0.6 is 0 Å². The monoisotopic (exact) mass is 292 g/mol.